The van der Waals surface area contributed by atoms with E-state index in [1.165, 1.54) is 0 Å². The van der Waals surface area contributed by atoms with Gasteiger partial charge in [-0.1, -0.05) is 30.3 Å². The third-order valence-electron chi connectivity index (χ3n) is 2.20. The van der Waals surface area contributed by atoms with Crippen LogP contribution in [0.3, 0.4) is 0 Å². The van der Waals surface area contributed by atoms with Gasteiger partial charge in [-0.3, -0.25) is 4.79 Å². The van der Waals surface area contributed by atoms with Gasteiger partial charge in [0.1, 0.15) is 5.92 Å². The van der Waals surface area contributed by atoms with Gasteiger partial charge in [-0.2, -0.15) is 25.8 Å². The Labute approximate surface area is 103 Å². The molecule has 1 rings (SSSR count). The zero-order chi connectivity index (χ0) is 12.9. The Morgan fingerprint density at radius 2 is 1.88 bits per heavy atom. The van der Waals surface area contributed by atoms with E-state index in [0.717, 1.165) is 5.56 Å². The van der Waals surface area contributed by atoms with Crippen LogP contribution in [-0.4, -0.2) is 17.8 Å². The molecule has 0 aliphatic heterocycles. The molecular formula is C11H12F3NOS. The minimum absolute atomic E-state index is 0.0834. The molecule has 1 aromatic rings. The van der Waals surface area contributed by atoms with E-state index < -0.39 is 23.8 Å². The number of amides is 1. The van der Waals surface area contributed by atoms with Crippen LogP contribution >= 0.6 is 12.6 Å². The van der Waals surface area contributed by atoms with Crippen LogP contribution in [0.5, 0.6) is 0 Å². The van der Waals surface area contributed by atoms with Crippen LogP contribution in [0.1, 0.15) is 5.56 Å². The first-order valence-corrected chi connectivity index (χ1v) is 5.57. The highest BCUT2D eigenvalue weighted by atomic mass is 32.1. The summed E-state index contributed by atoms with van der Waals surface area (Å²) in [6, 6.07) is 8.74. The Balaban J connectivity index is 2.55. The largest absolute Gasteiger partial charge is 0.401 e. The Hall–Kier alpha value is -1.17. The highest BCUT2D eigenvalue weighted by molar-refractivity contribution is 7.80. The molecule has 0 aliphatic rings. The van der Waals surface area contributed by atoms with Crippen LogP contribution in [0, 0.1) is 5.92 Å². The van der Waals surface area contributed by atoms with E-state index in [-0.39, 0.29) is 6.54 Å². The topological polar surface area (TPSA) is 29.1 Å². The smallest absolute Gasteiger partial charge is 0.351 e. The van der Waals surface area contributed by atoms with Crippen molar-refractivity contribution >= 4 is 18.5 Å². The van der Waals surface area contributed by atoms with Gasteiger partial charge in [-0.25, -0.2) is 0 Å². The van der Waals surface area contributed by atoms with Crippen LogP contribution in [0.15, 0.2) is 30.3 Å². The summed E-state index contributed by atoms with van der Waals surface area (Å²) in [7, 11) is 0. The number of hydrogen-bond donors (Lipinski definition) is 2. The van der Waals surface area contributed by atoms with E-state index in [1.54, 1.807) is 30.3 Å². The molecule has 0 heterocycles. The van der Waals surface area contributed by atoms with E-state index in [4.69, 9.17) is 0 Å². The Morgan fingerprint density at radius 1 is 1.29 bits per heavy atom. The lowest BCUT2D eigenvalue weighted by atomic mass is 10.1. The number of nitrogens with one attached hydrogen (secondary N) is 1. The predicted octanol–water partition coefficient (Wildman–Crippen LogP) is 2.41. The fourth-order valence-electron chi connectivity index (χ4n) is 1.24. The van der Waals surface area contributed by atoms with Crippen LogP contribution in [0.25, 0.3) is 0 Å². The Bertz CT molecular complexity index is 367. The maximum Gasteiger partial charge on any atom is 0.401 e. The van der Waals surface area contributed by atoms with Gasteiger partial charge in [0.05, 0.1) is 0 Å². The van der Waals surface area contributed by atoms with E-state index in [0.29, 0.717) is 0 Å². The number of carbonyl (C=O) groups excluding carboxylic acids is 1. The highest BCUT2D eigenvalue weighted by Crippen LogP contribution is 2.27. The standard InChI is InChI=1S/C11H12F3NOS/c12-11(13,14)9(7-17)10(16)15-6-8-4-2-1-3-5-8/h1-5,9,17H,6-7H2,(H,15,16). The van der Waals surface area contributed by atoms with Crippen molar-refractivity contribution in [3.05, 3.63) is 35.9 Å². The van der Waals surface area contributed by atoms with Crippen molar-refractivity contribution in [2.45, 2.75) is 12.7 Å². The van der Waals surface area contributed by atoms with Crippen LogP contribution in [-0.2, 0) is 11.3 Å². The van der Waals surface area contributed by atoms with E-state index >= 15 is 0 Å². The quantitative estimate of drug-likeness (QED) is 0.803. The number of carbonyl (C=O) groups is 1. The molecule has 0 aromatic heterocycles. The van der Waals surface area contributed by atoms with Crippen molar-refractivity contribution in [2.75, 3.05) is 5.75 Å². The third-order valence-corrected chi connectivity index (χ3v) is 2.57. The van der Waals surface area contributed by atoms with Gasteiger partial charge in [0, 0.05) is 12.3 Å². The van der Waals surface area contributed by atoms with Crippen LogP contribution in [0.2, 0.25) is 0 Å². The average molecular weight is 263 g/mol. The van der Waals surface area contributed by atoms with Gasteiger partial charge in [-0.15, -0.1) is 0 Å². The summed E-state index contributed by atoms with van der Waals surface area (Å²) >= 11 is 3.55. The summed E-state index contributed by atoms with van der Waals surface area (Å²) in [5.41, 5.74) is 0.751. The zero-order valence-corrected chi connectivity index (χ0v) is 9.76. The molecule has 2 nitrogen and oxygen atoms in total. The molecule has 94 valence electrons. The number of benzene rings is 1. The van der Waals surface area contributed by atoms with Crippen LogP contribution < -0.4 is 5.32 Å². The van der Waals surface area contributed by atoms with E-state index in [2.05, 4.69) is 17.9 Å². The number of rotatable bonds is 4. The molecular weight excluding hydrogens is 251 g/mol. The average Bonchev–Trinajstić information content (AvgIpc) is 2.27. The summed E-state index contributed by atoms with van der Waals surface area (Å²) < 4.78 is 37.2. The maximum atomic E-state index is 12.4. The third kappa shape index (κ3) is 4.30. The molecule has 0 saturated heterocycles. The molecule has 0 saturated carbocycles. The molecule has 17 heavy (non-hydrogen) atoms. The number of hydrogen-bond acceptors (Lipinski definition) is 2. The fourth-order valence-corrected chi connectivity index (χ4v) is 1.62. The van der Waals surface area contributed by atoms with Gasteiger partial charge in [0.25, 0.3) is 0 Å². The Kier molecular flexibility index (Phi) is 4.86. The van der Waals surface area contributed by atoms with E-state index in [9.17, 15) is 18.0 Å². The SMILES string of the molecule is O=C(NCc1ccccc1)C(CS)C(F)(F)F. The van der Waals surface area contributed by atoms with Gasteiger partial charge in [-0.05, 0) is 5.56 Å². The fraction of sp³-hybridized carbons (Fsp3) is 0.364. The molecule has 1 amide bonds. The van der Waals surface area contributed by atoms with Gasteiger partial charge >= 0.3 is 6.18 Å². The van der Waals surface area contributed by atoms with Gasteiger partial charge in [0.2, 0.25) is 5.91 Å². The number of halogens is 3. The molecule has 0 fully saturated rings. The predicted molar refractivity (Wildman–Crippen MR) is 61.7 cm³/mol. The Morgan fingerprint density at radius 3 is 2.35 bits per heavy atom. The minimum Gasteiger partial charge on any atom is -0.351 e. The zero-order valence-electron chi connectivity index (χ0n) is 8.87. The van der Waals surface area contributed by atoms with Crippen molar-refractivity contribution in [3.63, 3.8) is 0 Å². The first-order valence-electron chi connectivity index (χ1n) is 4.94. The lowest BCUT2D eigenvalue weighted by Gasteiger charge is -2.17. The van der Waals surface area contributed by atoms with E-state index in [1.807, 2.05) is 0 Å². The highest BCUT2D eigenvalue weighted by Gasteiger charge is 2.43. The summed E-state index contributed by atoms with van der Waals surface area (Å²) in [6.45, 7) is 0.0834. The second-order valence-corrected chi connectivity index (χ2v) is 3.85. The molecule has 1 N–H and O–H groups in total. The van der Waals surface area contributed by atoms with Crippen LogP contribution in [0.4, 0.5) is 13.2 Å². The second-order valence-electron chi connectivity index (χ2n) is 3.48. The summed E-state index contributed by atoms with van der Waals surface area (Å²) in [6.07, 6.45) is -4.55. The lowest BCUT2D eigenvalue weighted by Crippen LogP contribution is -2.40. The molecule has 1 unspecified atom stereocenters. The number of alkyl halides is 3. The molecule has 1 aromatic carbocycles. The first kappa shape index (κ1) is 13.9. The molecule has 0 spiro atoms. The van der Waals surface area contributed by atoms with Crippen molar-refractivity contribution < 1.29 is 18.0 Å². The van der Waals surface area contributed by atoms with Gasteiger partial charge in [0.15, 0.2) is 0 Å². The van der Waals surface area contributed by atoms with Crippen molar-refractivity contribution in [1.82, 2.24) is 5.32 Å². The summed E-state index contributed by atoms with van der Waals surface area (Å²) in [5, 5.41) is 2.25. The second kappa shape index (κ2) is 5.95. The molecule has 0 aliphatic carbocycles. The van der Waals surface area contributed by atoms with Crippen molar-refractivity contribution in [2.24, 2.45) is 5.92 Å². The lowest BCUT2D eigenvalue weighted by molar-refractivity contribution is -0.177. The van der Waals surface area contributed by atoms with Crippen molar-refractivity contribution in [3.8, 4) is 0 Å². The number of thiol groups is 1. The monoisotopic (exact) mass is 263 g/mol. The minimum atomic E-state index is -4.55. The summed E-state index contributed by atoms with van der Waals surface area (Å²) in [5.74, 6) is -3.66. The molecule has 1 atom stereocenters. The first-order chi connectivity index (χ1) is 7.95. The molecule has 6 heteroatoms. The van der Waals surface area contributed by atoms with Crippen molar-refractivity contribution in [1.29, 1.82) is 0 Å². The van der Waals surface area contributed by atoms with Gasteiger partial charge < -0.3 is 5.32 Å². The normalized spacial score (nSPS) is 13.2. The molecule has 0 bridgehead atoms. The molecule has 0 radical (unpaired) electrons. The summed E-state index contributed by atoms with van der Waals surface area (Å²) in [4.78, 5) is 11.3. The maximum absolute atomic E-state index is 12.4.